The Morgan fingerprint density at radius 3 is 2.86 bits per heavy atom. The third kappa shape index (κ3) is 4.75. The minimum atomic E-state index is -0.426. The smallest absolute Gasteiger partial charge is 0.350 e. The molecule has 0 saturated heterocycles. The first-order valence-electron chi connectivity index (χ1n) is 9.22. The predicted molar refractivity (Wildman–Crippen MR) is 108 cm³/mol. The molecule has 2 heterocycles. The Kier molecular flexibility index (Phi) is 6.08. The van der Waals surface area contributed by atoms with E-state index in [1.807, 2.05) is 13.8 Å². The van der Waals surface area contributed by atoms with Crippen LogP contribution in [0.2, 0.25) is 0 Å². The number of carbonyl (C=O) groups is 3. The van der Waals surface area contributed by atoms with Crippen molar-refractivity contribution in [3.05, 3.63) is 39.9 Å². The number of hydrogen-bond donors (Lipinski definition) is 2. The van der Waals surface area contributed by atoms with E-state index in [4.69, 9.17) is 4.74 Å². The molecule has 1 aliphatic rings. The first-order valence-corrected chi connectivity index (χ1v) is 10.0. The second-order valence-electron chi connectivity index (χ2n) is 7.15. The van der Waals surface area contributed by atoms with Gasteiger partial charge in [-0.1, -0.05) is 25.2 Å². The number of thiazole rings is 1. The van der Waals surface area contributed by atoms with Crippen LogP contribution in [0.3, 0.4) is 0 Å². The van der Waals surface area contributed by atoms with Gasteiger partial charge in [-0.05, 0) is 49.4 Å². The second kappa shape index (κ2) is 8.52. The number of anilines is 2. The Balaban J connectivity index is 1.71. The summed E-state index contributed by atoms with van der Waals surface area (Å²) in [6.45, 7) is 5.97. The van der Waals surface area contributed by atoms with Gasteiger partial charge in [-0.15, -0.1) is 0 Å². The number of benzene rings is 1. The van der Waals surface area contributed by atoms with Crippen LogP contribution < -0.4 is 10.6 Å². The number of nitrogens with zero attached hydrogens (tertiary/aromatic N) is 1. The number of aromatic nitrogens is 1. The zero-order valence-corrected chi connectivity index (χ0v) is 16.9. The van der Waals surface area contributed by atoms with E-state index < -0.39 is 5.97 Å². The van der Waals surface area contributed by atoms with E-state index in [0.717, 1.165) is 35.4 Å². The van der Waals surface area contributed by atoms with Crippen LogP contribution in [0.25, 0.3) is 0 Å². The van der Waals surface area contributed by atoms with Crippen LogP contribution in [0.1, 0.15) is 58.0 Å². The number of nitrogens with one attached hydrogen (secondary N) is 2. The lowest BCUT2D eigenvalue weighted by Gasteiger charge is -2.09. The van der Waals surface area contributed by atoms with Crippen LogP contribution in [0.5, 0.6) is 0 Å². The van der Waals surface area contributed by atoms with Crippen LogP contribution in [0, 0.1) is 12.8 Å². The molecule has 0 bridgehead atoms. The maximum Gasteiger partial charge on any atom is 0.350 e. The van der Waals surface area contributed by atoms with Crippen LogP contribution in [0.15, 0.2) is 18.2 Å². The van der Waals surface area contributed by atoms with E-state index >= 15 is 0 Å². The number of rotatable bonds is 5. The molecule has 2 amide bonds. The van der Waals surface area contributed by atoms with Gasteiger partial charge in [0.2, 0.25) is 5.91 Å². The van der Waals surface area contributed by atoms with E-state index in [9.17, 15) is 14.4 Å². The van der Waals surface area contributed by atoms with Gasteiger partial charge in [0.15, 0.2) is 5.13 Å². The summed E-state index contributed by atoms with van der Waals surface area (Å²) in [5.41, 5.74) is 2.69. The average Bonchev–Trinajstić information content (AvgIpc) is 2.89. The van der Waals surface area contributed by atoms with Crippen molar-refractivity contribution in [1.82, 2.24) is 4.98 Å². The third-order valence-corrected chi connectivity index (χ3v) is 5.29. The highest BCUT2D eigenvalue weighted by molar-refractivity contribution is 7.17. The highest BCUT2D eigenvalue weighted by Crippen LogP contribution is 2.26. The molecule has 0 saturated carbocycles. The molecule has 1 aromatic heterocycles. The summed E-state index contributed by atoms with van der Waals surface area (Å²) < 4.78 is 5.24. The van der Waals surface area contributed by atoms with Gasteiger partial charge in [-0.2, -0.15) is 0 Å². The maximum absolute atomic E-state index is 12.6. The average molecular weight is 401 g/mol. The van der Waals surface area contributed by atoms with Crippen molar-refractivity contribution >= 4 is 39.9 Å². The molecule has 0 unspecified atom stereocenters. The van der Waals surface area contributed by atoms with Gasteiger partial charge in [0.1, 0.15) is 4.88 Å². The predicted octanol–water partition coefficient (Wildman–Crippen LogP) is 3.79. The lowest BCUT2D eigenvalue weighted by molar-refractivity contribution is -0.116. The molecule has 8 heteroatoms. The van der Waals surface area contributed by atoms with Crippen LogP contribution in [0.4, 0.5) is 10.8 Å². The van der Waals surface area contributed by atoms with Gasteiger partial charge in [0.25, 0.3) is 5.91 Å². The number of carbonyl (C=O) groups excluding carboxylic acids is 3. The topological polar surface area (TPSA) is 97.4 Å². The maximum atomic E-state index is 12.6. The fourth-order valence-corrected chi connectivity index (χ4v) is 3.69. The molecule has 0 spiro atoms. The van der Waals surface area contributed by atoms with Gasteiger partial charge in [0.05, 0.1) is 12.3 Å². The largest absolute Gasteiger partial charge is 0.461 e. The molecular formula is C20H23N3O4S. The zero-order chi connectivity index (χ0) is 20.3. The summed E-state index contributed by atoms with van der Waals surface area (Å²) in [4.78, 5) is 41.1. The van der Waals surface area contributed by atoms with E-state index in [1.54, 1.807) is 25.1 Å². The fourth-order valence-electron chi connectivity index (χ4n) is 2.83. The summed E-state index contributed by atoms with van der Waals surface area (Å²) in [6, 6.07) is 5.20. The molecule has 0 aliphatic carbocycles. The molecular weight excluding hydrogens is 378 g/mol. The number of fused-ring (bicyclic) bond motifs is 1. The normalized spacial score (nSPS) is 13.5. The SMILES string of the molecule is Cc1nc(NC(=O)c2ccc3c(c2)CCCC(=O)N3)sc1C(=O)OCC(C)C. The summed E-state index contributed by atoms with van der Waals surface area (Å²) in [5.74, 6) is -0.500. The Bertz CT molecular complexity index is 920. The standard InChI is InChI=1S/C20H23N3O4S/c1-11(2)10-27-19(26)17-12(3)21-20(28-17)23-18(25)14-7-8-15-13(9-14)5-4-6-16(24)22-15/h7-9,11H,4-6,10H2,1-3H3,(H,22,24)(H,21,23,25). The van der Waals surface area contributed by atoms with Crippen molar-refractivity contribution in [1.29, 1.82) is 0 Å². The Morgan fingerprint density at radius 2 is 2.11 bits per heavy atom. The summed E-state index contributed by atoms with van der Waals surface area (Å²) in [6.07, 6.45) is 1.96. The van der Waals surface area contributed by atoms with E-state index in [1.165, 1.54) is 0 Å². The minimum absolute atomic E-state index is 0.00825. The highest BCUT2D eigenvalue weighted by Gasteiger charge is 2.20. The van der Waals surface area contributed by atoms with Crippen molar-refractivity contribution in [2.45, 2.75) is 40.0 Å². The third-order valence-electron chi connectivity index (χ3n) is 4.24. The summed E-state index contributed by atoms with van der Waals surface area (Å²) in [5, 5.41) is 5.94. The molecule has 3 rings (SSSR count). The number of hydrogen-bond acceptors (Lipinski definition) is 6. The molecule has 28 heavy (non-hydrogen) atoms. The second-order valence-corrected chi connectivity index (χ2v) is 8.15. The van der Waals surface area contributed by atoms with E-state index in [-0.39, 0.29) is 17.7 Å². The molecule has 1 aliphatic heterocycles. The summed E-state index contributed by atoms with van der Waals surface area (Å²) in [7, 11) is 0. The van der Waals surface area contributed by atoms with Crippen LogP contribution in [-0.2, 0) is 16.0 Å². The molecule has 2 N–H and O–H groups in total. The Morgan fingerprint density at radius 1 is 1.32 bits per heavy atom. The Hall–Kier alpha value is -2.74. The van der Waals surface area contributed by atoms with Gasteiger partial charge in [-0.25, -0.2) is 9.78 Å². The fraction of sp³-hybridized carbons (Fsp3) is 0.400. The van der Waals surface area contributed by atoms with Crippen molar-refractivity contribution in [2.24, 2.45) is 5.92 Å². The van der Waals surface area contributed by atoms with E-state index in [0.29, 0.717) is 34.3 Å². The number of esters is 1. The molecule has 0 fully saturated rings. The van der Waals surface area contributed by atoms with Gasteiger partial charge in [-0.3, -0.25) is 14.9 Å². The number of amides is 2. The molecule has 2 aromatic rings. The van der Waals surface area contributed by atoms with Crippen molar-refractivity contribution < 1.29 is 19.1 Å². The van der Waals surface area contributed by atoms with Crippen LogP contribution in [-0.4, -0.2) is 29.4 Å². The quantitative estimate of drug-likeness (QED) is 0.743. The number of aryl methyl sites for hydroxylation is 2. The first kappa shape index (κ1) is 20.0. The van der Waals surface area contributed by atoms with Crippen LogP contribution >= 0.6 is 11.3 Å². The summed E-state index contributed by atoms with van der Waals surface area (Å²) >= 11 is 1.10. The lowest BCUT2D eigenvalue weighted by Crippen LogP contribution is -2.13. The zero-order valence-electron chi connectivity index (χ0n) is 16.1. The number of ether oxygens (including phenoxy) is 1. The van der Waals surface area contributed by atoms with Crippen molar-refractivity contribution in [2.75, 3.05) is 17.2 Å². The minimum Gasteiger partial charge on any atom is -0.461 e. The lowest BCUT2D eigenvalue weighted by atomic mass is 10.0. The molecule has 148 valence electrons. The molecule has 1 aromatic carbocycles. The monoisotopic (exact) mass is 401 g/mol. The molecule has 0 atom stereocenters. The van der Waals surface area contributed by atoms with Crippen molar-refractivity contribution in [3.8, 4) is 0 Å². The van der Waals surface area contributed by atoms with Gasteiger partial charge < -0.3 is 10.1 Å². The van der Waals surface area contributed by atoms with Crippen molar-refractivity contribution in [3.63, 3.8) is 0 Å². The first-order chi connectivity index (χ1) is 13.3. The van der Waals surface area contributed by atoms with Gasteiger partial charge >= 0.3 is 5.97 Å². The molecule has 0 radical (unpaired) electrons. The van der Waals surface area contributed by atoms with Gasteiger partial charge in [0, 0.05) is 17.7 Å². The van der Waals surface area contributed by atoms with E-state index in [2.05, 4.69) is 15.6 Å². The highest BCUT2D eigenvalue weighted by atomic mass is 32.1. The molecule has 7 nitrogen and oxygen atoms in total. The Labute approximate surface area is 167 Å².